The fraction of sp³-hybridized carbons (Fsp3) is 0.261. The standard InChI is InChI=1S/C23H24N4O/c1-15-14-24-9-6-17(15)20-12-16(13-21(26-20)28-23(2,3)4)18-7-10-25-22-19(18)8-11-27(22)5/h6-14H,1-5H3. The maximum absolute atomic E-state index is 6.14. The van der Waals surface area contributed by atoms with E-state index < -0.39 is 0 Å². The van der Waals surface area contributed by atoms with Crippen LogP contribution in [0.4, 0.5) is 0 Å². The molecular formula is C23H24N4O. The Balaban J connectivity index is 1.95. The summed E-state index contributed by atoms with van der Waals surface area (Å²) >= 11 is 0. The maximum Gasteiger partial charge on any atom is 0.214 e. The van der Waals surface area contributed by atoms with E-state index in [1.807, 2.05) is 76.1 Å². The Kier molecular flexibility index (Phi) is 4.38. The van der Waals surface area contributed by atoms with Crippen LogP contribution in [0.5, 0.6) is 5.88 Å². The molecule has 5 heteroatoms. The third kappa shape index (κ3) is 3.48. The summed E-state index contributed by atoms with van der Waals surface area (Å²) in [5.41, 5.74) is 5.78. The van der Waals surface area contributed by atoms with Gasteiger partial charge in [-0.3, -0.25) is 4.98 Å². The van der Waals surface area contributed by atoms with E-state index in [1.165, 1.54) is 0 Å². The lowest BCUT2D eigenvalue weighted by Crippen LogP contribution is -2.23. The Bertz CT molecular complexity index is 1150. The number of fused-ring (bicyclic) bond motifs is 1. The van der Waals surface area contributed by atoms with Crippen LogP contribution in [-0.2, 0) is 7.05 Å². The summed E-state index contributed by atoms with van der Waals surface area (Å²) < 4.78 is 8.16. The molecule has 0 aliphatic rings. The molecule has 0 spiro atoms. The third-order valence-corrected chi connectivity index (χ3v) is 4.59. The second-order valence-corrected chi connectivity index (χ2v) is 8.01. The lowest BCUT2D eigenvalue weighted by atomic mass is 10.0. The summed E-state index contributed by atoms with van der Waals surface area (Å²) in [6, 6.07) is 10.3. The van der Waals surface area contributed by atoms with Gasteiger partial charge in [-0.25, -0.2) is 9.97 Å². The van der Waals surface area contributed by atoms with Gasteiger partial charge in [-0.05, 0) is 68.7 Å². The van der Waals surface area contributed by atoms with Crippen molar-refractivity contribution in [2.75, 3.05) is 0 Å². The van der Waals surface area contributed by atoms with Crippen molar-refractivity contribution < 1.29 is 4.74 Å². The van der Waals surface area contributed by atoms with Gasteiger partial charge < -0.3 is 9.30 Å². The minimum absolute atomic E-state index is 0.337. The molecule has 0 fully saturated rings. The number of aromatic nitrogens is 4. The first-order valence-corrected chi connectivity index (χ1v) is 9.34. The quantitative estimate of drug-likeness (QED) is 0.497. The largest absolute Gasteiger partial charge is 0.472 e. The van der Waals surface area contributed by atoms with Crippen molar-refractivity contribution in [3.8, 4) is 28.3 Å². The van der Waals surface area contributed by atoms with Crippen LogP contribution in [-0.4, -0.2) is 25.1 Å². The van der Waals surface area contributed by atoms with E-state index in [0.29, 0.717) is 5.88 Å². The van der Waals surface area contributed by atoms with Gasteiger partial charge in [0.15, 0.2) is 0 Å². The van der Waals surface area contributed by atoms with Crippen LogP contribution in [0.25, 0.3) is 33.4 Å². The fourth-order valence-electron chi connectivity index (χ4n) is 3.34. The highest BCUT2D eigenvalue weighted by molar-refractivity contribution is 5.94. The average molecular weight is 372 g/mol. The predicted octanol–water partition coefficient (Wildman–Crippen LogP) is 5.18. The molecule has 5 nitrogen and oxygen atoms in total. The third-order valence-electron chi connectivity index (χ3n) is 4.59. The van der Waals surface area contributed by atoms with Crippen molar-refractivity contribution in [2.24, 2.45) is 7.05 Å². The fourth-order valence-corrected chi connectivity index (χ4v) is 3.34. The summed E-state index contributed by atoms with van der Waals surface area (Å²) in [5.74, 6) is 0.608. The summed E-state index contributed by atoms with van der Waals surface area (Å²) in [5, 5.41) is 1.11. The van der Waals surface area contributed by atoms with E-state index in [4.69, 9.17) is 9.72 Å². The first-order valence-electron chi connectivity index (χ1n) is 9.34. The van der Waals surface area contributed by atoms with Crippen LogP contribution in [0.1, 0.15) is 26.3 Å². The number of ether oxygens (including phenoxy) is 1. The second-order valence-electron chi connectivity index (χ2n) is 8.01. The number of nitrogens with zero attached hydrogens (tertiary/aromatic N) is 4. The molecule has 0 bridgehead atoms. The molecule has 0 saturated carbocycles. The Morgan fingerprint density at radius 2 is 1.79 bits per heavy atom. The van der Waals surface area contributed by atoms with Gasteiger partial charge in [-0.15, -0.1) is 0 Å². The van der Waals surface area contributed by atoms with Crippen LogP contribution in [0.3, 0.4) is 0 Å². The van der Waals surface area contributed by atoms with Crippen molar-refractivity contribution in [3.63, 3.8) is 0 Å². The maximum atomic E-state index is 6.14. The monoisotopic (exact) mass is 372 g/mol. The molecule has 142 valence electrons. The topological polar surface area (TPSA) is 52.8 Å². The molecule has 0 aromatic carbocycles. The molecule has 4 aromatic heterocycles. The molecule has 0 radical (unpaired) electrons. The zero-order valence-electron chi connectivity index (χ0n) is 16.9. The molecular weight excluding hydrogens is 348 g/mol. The first-order chi connectivity index (χ1) is 13.3. The Labute approximate surface area is 165 Å². The van der Waals surface area contributed by atoms with Crippen LogP contribution in [0, 0.1) is 6.92 Å². The van der Waals surface area contributed by atoms with Gasteiger partial charge in [-0.2, -0.15) is 0 Å². The zero-order valence-corrected chi connectivity index (χ0v) is 16.9. The summed E-state index contributed by atoms with van der Waals surface area (Å²) in [6.45, 7) is 8.13. The summed E-state index contributed by atoms with van der Waals surface area (Å²) in [4.78, 5) is 13.5. The molecule has 0 N–H and O–H groups in total. The highest BCUT2D eigenvalue weighted by Crippen LogP contribution is 2.34. The summed E-state index contributed by atoms with van der Waals surface area (Å²) in [7, 11) is 2.01. The SMILES string of the molecule is Cc1cnccc1-c1cc(-c2ccnc3c2ccn3C)cc(OC(C)(C)C)n1. The van der Waals surface area contributed by atoms with Crippen molar-refractivity contribution in [2.45, 2.75) is 33.3 Å². The summed E-state index contributed by atoms with van der Waals surface area (Å²) in [6.07, 6.45) is 7.53. The van der Waals surface area contributed by atoms with Gasteiger partial charge in [0.2, 0.25) is 5.88 Å². The van der Waals surface area contributed by atoms with E-state index in [2.05, 4.69) is 22.1 Å². The van der Waals surface area contributed by atoms with E-state index >= 15 is 0 Å². The van der Waals surface area contributed by atoms with Gasteiger partial charge in [0.25, 0.3) is 0 Å². The van der Waals surface area contributed by atoms with E-state index in [-0.39, 0.29) is 5.60 Å². The van der Waals surface area contributed by atoms with E-state index in [1.54, 1.807) is 6.20 Å². The minimum Gasteiger partial charge on any atom is -0.472 e. The average Bonchev–Trinajstić information content (AvgIpc) is 3.02. The van der Waals surface area contributed by atoms with Crippen molar-refractivity contribution in [1.82, 2.24) is 19.5 Å². The number of aryl methyl sites for hydroxylation is 2. The molecule has 0 amide bonds. The minimum atomic E-state index is -0.337. The molecule has 0 unspecified atom stereocenters. The smallest absolute Gasteiger partial charge is 0.214 e. The van der Waals surface area contributed by atoms with E-state index in [0.717, 1.165) is 39.0 Å². The second kappa shape index (κ2) is 6.75. The zero-order chi connectivity index (χ0) is 19.9. The highest BCUT2D eigenvalue weighted by atomic mass is 16.5. The molecule has 0 saturated heterocycles. The van der Waals surface area contributed by atoms with Gasteiger partial charge in [0.05, 0.1) is 5.69 Å². The molecule has 4 aromatic rings. The van der Waals surface area contributed by atoms with Crippen molar-refractivity contribution in [1.29, 1.82) is 0 Å². The number of hydrogen-bond donors (Lipinski definition) is 0. The van der Waals surface area contributed by atoms with Crippen molar-refractivity contribution in [3.05, 3.63) is 60.7 Å². The molecule has 0 aliphatic heterocycles. The van der Waals surface area contributed by atoms with Crippen LogP contribution in [0.15, 0.2) is 55.1 Å². The Morgan fingerprint density at radius 1 is 1.00 bits per heavy atom. The van der Waals surface area contributed by atoms with Crippen LogP contribution < -0.4 is 4.74 Å². The van der Waals surface area contributed by atoms with Gasteiger partial charge in [0, 0.05) is 48.9 Å². The molecule has 4 rings (SSSR count). The van der Waals surface area contributed by atoms with Crippen LogP contribution >= 0.6 is 0 Å². The normalized spacial score (nSPS) is 11.8. The molecule has 28 heavy (non-hydrogen) atoms. The Morgan fingerprint density at radius 3 is 2.54 bits per heavy atom. The lowest BCUT2D eigenvalue weighted by Gasteiger charge is -2.21. The highest BCUT2D eigenvalue weighted by Gasteiger charge is 2.17. The number of hydrogen-bond acceptors (Lipinski definition) is 4. The molecule has 0 aliphatic carbocycles. The van der Waals surface area contributed by atoms with Gasteiger partial charge in [0.1, 0.15) is 11.2 Å². The molecule has 4 heterocycles. The number of pyridine rings is 3. The van der Waals surface area contributed by atoms with Gasteiger partial charge in [-0.1, -0.05) is 0 Å². The van der Waals surface area contributed by atoms with Crippen LogP contribution in [0.2, 0.25) is 0 Å². The van der Waals surface area contributed by atoms with E-state index in [9.17, 15) is 0 Å². The van der Waals surface area contributed by atoms with Crippen molar-refractivity contribution >= 4 is 11.0 Å². The predicted molar refractivity (Wildman–Crippen MR) is 112 cm³/mol. The lowest BCUT2D eigenvalue weighted by molar-refractivity contribution is 0.124. The first kappa shape index (κ1) is 18.2. The molecule has 0 atom stereocenters. The Hall–Kier alpha value is -3.21. The van der Waals surface area contributed by atoms with Gasteiger partial charge >= 0.3 is 0 Å². The number of rotatable bonds is 3.